The van der Waals surface area contributed by atoms with Gasteiger partial charge in [-0.2, -0.15) is 0 Å². The van der Waals surface area contributed by atoms with Crippen LogP contribution < -0.4 is 10.6 Å². The maximum atomic E-state index is 12.9. The summed E-state index contributed by atoms with van der Waals surface area (Å²) in [6.45, 7) is 10.2. The van der Waals surface area contributed by atoms with Crippen molar-refractivity contribution in [1.82, 2.24) is 20.1 Å². The van der Waals surface area contributed by atoms with Crippen molar-refractivity contribution in [2.24, 2.45) is 5.92 Å². The molecule has 10 heteroatoms. The number of thioether (sulfide) groups is 1. The van der Waals surface area contributed by atoms with Gasteiger partial charge in [0, 0.05) is 17.8 Å². The second kappa shape index (κ2) is 12.2. The van der Waals surface area contributed by atoms with Crippen LogP contribution in [0.4, 0.5) is 5.69 Å². The van der Waals surface area contributed by atoms with Gasteiger partial charge in [0.1, 0.15) is 0 Å². The van der Waals surface area contributed by atoms with E-state index in [2.05, 4.69) is 27.4 Å². The van der Waals surface area contributed by atoms with Gasteiger partial charge >= 0.3 is 0 Å². The molecule has 184 valence electrons. The van der Waals surface area contributed by atoms with Gasteiger partial charge in [0.15, 0.2) is 11.0 Å². The highest BCUT2D eigenvalue weighted by Gasteiger charge is 2.26. The summed E-state index contributed by atoms with van der Waals surface area (Å²) in [6, 6.07) is 11.9. The Balaban J connectivity index is 1.74. The number of hydrogen-bond acceptors (Lipinski definition) is 5. The zero-order valence-electron chi connectivity index (χ0n) is 19.7. The Bertz CT molecular complexity index is 1210. The van der Waals surface area contributed by atoms with E-state index in [-0.39, 0.29) is 29.5 Å². The van der Waals surface area contributed by atoms with Crippen LogP contribution in [0.3, 0.4) is 0 Å². The Labute approximate surface area is 219 Å². The number of aromatic nitrogens is 3. The molecule has 0 spiro atoms. The lowest BCUT2D eigenvalue weighted by Gasteiger charge is -2.22. The number of hydrogen-bond donors (Lipinski definition) is 2. The van der Waals surface area contributed by atoms with Crippen molar-refractivity contribution in [3.05, 3.63) is 82.1 Å². The van der Waals surface area contributed by atoms with Crippen molar-refractivity contribution in [2.75, 3.05) is 11.1 Å². The summed E-state index contributed by atoms with van der Waals surface area (Å²) in [7, 11) is 0. The molecule has 3 rings (SSSR count). The van der Waals surface area contributed by atoms with Crippen molar-refractivity contribution in [3.8, 4) is 0 Å². The largest absolute Gasteiger partial charge is 0.342 e. The number of carbonyl (C=O) groups excluding carboxylic acids is 2. The number of rotatable bonds is 10. The molecule has 0 saturated heterocycles. The van der Waals surface area contributed by atoms with E-state index >= 15 is 0 Å². The maximum absolute atomic E-state index is 12.9. The van der Waals surface area contributed by atoms with E-state index in [1.54, 1.807) is 36.4 Å². The van der Waals surface area contributed by atoms with E-state index in [9.17, 15) is 9.59 Å². The molecule has 1 atom stereocenters. The van der Waals surface area contributed by atoms with Gasteiger partial charge in [0.2, 0.25) is 5.91 Å². The fourth-order valence-corrected chi connectivity index (χ4v) is 4.35. The van der Waals surface area contributed by atoms with Gasteiger partial charge in [-0.05, 0) is 43.2 Å². The molecule has 0 radical (unpaired) electrons. The molecular weight excluding hydrogens is 505 g/mol. The minimum Gasteiger partial charge on any atom is -0.342 e. The van der Waals surface area contributed by atoms with Crippen LogP contribution in [0.15, 0.2) is 60.3 Å². The fourth-order valence-electron chi connectivity index (χ4n) is 3.30. The lowest BCUT2D eigenvalue weighted by molar-refractivity contribution is -0.113. The third kappa shape index (κ3) is 7.10. The van der Waals surface area contributed by atoms with Gasteiger partial charge in [-0.15, -0.1) is 16.8 Å². The van der Waals surface area contributed by atoms with Crippen molar-refractivity contribution >= 4 is 52.5 Å². The Hall–Kier alpha value is -2.81. The minimum atomic E-state index is -0.379. The Morgan fingerprint density at radius 1 is 1.11 bits per heavy atom. The molecule has 0 saturated carbocycles. The molecule has 35 heavy (non-hydrogen) atoms. The molecule has 2 amide bonds. The van der Waals surface area contributed by atoms with Crippen LogP contribution in [0, 0.1) is 12.8 Å². The third-order valence-corrected chi connectivity index (χ3v) is 6.84. The highest BCUT2D eigenvalue weighted by molar-refractivity contribution is 7.99. The molecule has 0 fully saturated rings. The highest BCUT2D eigenvalue weighted by atomic mass is 35.5. The van der Waals surface area contributed by atoms with E-state index in [1.165, 1.54) is 11.8 Å². The third-order valence-electron chi connectivity index (χ3n) is 5.14. The number of nitrogens with zero attached hydrogens (tertiary/aromatic N) is 3. The van der Waals surface area contributed by atoms with E-state index in [1.807, 2.05) is 37.5 Å². The number of carbonyl (C=O) groups is 2. The number of halogens is 2. The van der Waals surface area contributed by atoms with E-state index in [0.717, 1.165) is 5.56 Å². The molecule has 0 bridgehead atoms. The van der Waals surface area contributed by atoms with Crippen molar-refractivity contribution in [1.29, 1.82) is 0 Å². The first-order chi connectivity index (χ1) is 16.7. The van der Waals surface area contributed by atoms with Crippen LogP contribution in [-0.4, -0.2) is 32.3 Å². The normalized spacial score (nSPS) is 11.8. The van der Waals surface area contributed by atoms with Crippen LogP contribution in [0.25, 0.3) is 0 Å². The summed E-state index contributed by atoms with van der Waals surface area (Å²) in [5, 5.41) is 15.9. The second-order valence-corrected chi connectivity index (χ2v) is 10.0. The van der Waals surface area contributed by atoms with Gasteiger partial charge in [0.05, 0.1) is 21.8 Å². The predicted octanol–water partition coefficient (Wildman–Crippen LogP) is 5.94. The predicted molar refractivity (Wildman–Crippen MR) is 142 cm³/mol. The van der Waals surface area contributed by atoms with E-state index in [0.29, 0.717) is 38.8 Å². The lowest BCUT2D eigenvalue weighted by Crippen LogP contribution is -2.33. The Kier molecular flexibility index (Phi) is 9.37. The molecule has 1 aromatic heterocycles. The van der Waals surface area contributed by atoms with Crippen LogP contribution in [-0.2, 0) is 11.3 Å². The maximum Gasteiger partial charge on any atom is 0.251 e. The first-order valence-corrected chi connectivity index (χ1v) is 12.7. The van der Waals surface area contributed by atoms with Crippen LogP contribution >= 0.6 is 35.0 Å². The topological polar surface area (TPSA) is 88.9 Å². The summed E-state index contributed by atoms with van der Waals surface area (Å²) >= 11 is 13.2. The molecular formula is C25H27Cl2N5O2S. The highest BCUT2D eigenvalue weighted by Crippen LogP contribution is 2.27. The van der Waals surface area contributed by atoms with Crippen molar-refractivity contribution < 1.29 is 9.59 Å². The number of anilines is 1. The van der Waals surface area contributed by atoms with Crippen LogP contribution in [0.5, 0.6) is 0 Å². The average Bonchev–Trinajstić information content (AvgIpc) is 3.21. The van der Waals surface area contributed by atoms with Gasteiger partial charge in [-0.3, -0.25) is 9.59 Å². The number of benzene rings is 2. The smallest absolute Gasteiger partial charge is 0.251 e. The summed E-state index contributed by atoms with van der Waals surface area (Å²) in [4.78, 5) is 25.4. The summed E-state index contributed by atoms with van der Waals surface area (Å²) in [5.41, 5.74) is 2.21. The standard InChI is InChI=1S/C25H27Cl2N5O2S/c1-5-12-32-23(22(15(2)3)29-24(34)17-8-6-16(4)7-9-17)30-31-25(32)35-14-21(33)28-18-10-11-19(26)20(27)13-18/h5-11,13,15,22H,1,12,14H2,2-4H3,(H,28,33)(H,29,34)/t22-/m0/s1. The molecule has 3 aromatic rings. The Morgan fingerprint density at radius 3 is 2.46 bits per heavy atom. The zero-order valence-corrected chi connectivity index (χ0v) is 22.0. The lowest BCUT2D eigenvalue weighted by atomic mass is 10.0. The second-order valence-electron chi connectivity index (χ2n) is 8.27. The molecule has 0 aliphatic rings. The first-order valence-electron chi connectivity index (χ1n) is 11.0. The fraction of sp³-hybridized carbons (Fsp3) is 0.280. The monoisotopic (exact) mass is 531 g/mol. The summed E-state index contributed by atoms with van der Waals surface area (Å²) in [5.74, 6) is 0.348. The van der Waals surface area contributed by atoms with Gasteiger partial charge in [-0.1, -0.05) is 72.6 Å². The van der Waals surface area contributed by atoms with Gasteiger partial charge in [-0.25, -0.2) is 0 Å². The molecule has 0 aliphatic heterocycles. The minimum absolute atomic E-state index is 0.0490. The van der Waals surface area contributed by atoms with Crippen LogP contribution in [0.2, 0.25) is 10.0 Å². The quantitative estimate of drug-likeness (QED) is 0.249. The summed E-state index contributed by atoms with van der Waals surface area (Å²) in [6.07, 6.45) is 1.73. The molecule has 2 N–H and O–H groups in total. The van der Waals surface area contributed by atoms with Gasteiger partial charge < -0.3 is 15.2 Å². The van der Waals surface area contributed by atoms with E-state index < -0.39 is 0 Å². The number of nitrogens with one attached hydrogen (secondary N) is 2. The first kappa shape index (κ1) is 26.8. The SMILES string of the molecule is C=CCn1c(SCC(=O)Nc2ccc(Cl)c(Cl)c2)nnc1[C@@H](NC(=O)c1ccc(C)cc1)C(C)C. The summed E-state index contributed by atoms with van der Waals surface area (Å²) < 4.78 is 1.87. The van der Waals surface area contributed by atoms with E-state index in [4.69, 9.17) is 23.2 Å². The molecule has 1 heterocycles. The number of amides is 2. The van der Waals surface area contributed by atoms with Crippen molar-refractivity contribution in [3.63, 3.8) is 0 Å². The van der Waals surface area contributed by atoms with Gasteiger partial charge in [0.25, 0.3) is 5.91 Å². The number of aryl methyl sites for hydroxylation is 1. The molecule has 0 unspecified atom stereocenters. The molecule has 2 aromatic carbocycles. The van der Waals surface area contributed by atoms with Crippen molar-refractivity contribution in [2.45, 2.75) is 38.5 Å². The number of allylic oxidation sites excluding steroid dienone is 1. The van der Waals surface area contributed by atoms with Crippen LogP contribution in [0.1, 0.15) is 41.6 Å². The zero-order chi connectivity index (χ0) is 25.5. The Morgan fingerprint density at radius 2 is 1.83 bits per heavy atom. The average molecular weight is 532 g/mol. The molecule has 0 aliphatic carbocycles. The molecule has 7 nitrogen and oxygen atoms in total.